The van der Waals surface area contributed by atoms with E-state index < -0.39 is 0 Å². The van der Waals surface area contributed by atoms with E-state index in [9.17, 15) is 4.79 Å². The average molecular weight is 288 g/mol. The maximum Gasteiger partial charge on any atom is 0.315 e. The molecule has 0 atom stereocenters. The van der Waals surface area contributed by atoms with Gasteiger partial charge in [-0.25, -0.2) is 9.78 Å². The molecule has 0 bridgehead atoms. The van der Waals surface area contributed by atoms with Crippen LogP contribution in [0.25, 0.3) is 0 Å². The number of nitrogens with one attached hydrogen (secondary N) is 2. The highest BCUT2D eigenvalue weighted by Gasteiger charge is 2.02. The van der Waals surface area contributed by atoms with Crippen molar-refractivity contribution in [3.8, 4) is 0 Å². The zero-order chi connectivity index (χ0) is 15.1. The van der Waals surface area contributed by atoms with Gasteiger partial charge in [0.2, 0.25) is 0 Å². The number of rotatable bonds is 6. The minimum atomic E-state index is -0.278. The van der Waals surface area contributed by atoms with Crippen molar-refractivity contribution in [3.63, 3.8) is 0 Å². The molecule has 1 heterocycles. The van der Waals surface area contributed by atoms with Gasteiger partial charge in [-0.1, -0.05) is 24.3 Å². The van der Waals surface area contributed by atoms with Crippen molar-refractivity contribution in [1.82, 2.24) is 20.2 Å². The Balaban J connectivity index is 1.92. The predicted molar refractivity (Wildman–Crippen MR) is 79.8 cm³/mol. The van der Waals surface area contributed by atoms with Gasteiger partial charge in [0.25, 0.3) is 0 Å². The second-order valence-electron chi connectivity index (χ2n) is 4.76. The lowest BCUT2D eigenvalue weighted by molar-refractivity contribution is 0.234. The smallest absolute Gasteiger partial charge is 0.315 e. The number of aromatic nitrogens is 2. The highest BCUT2D eigenvalue weighted by Crippen LogP contribution is 2.08. The number of carbonyl (C=O) groups excluding carboxylic acids is 1. The molecule has 0 aliphatic carbocycles. The van der Waals surface area contributed by atoms with Crippen molar-refractivity contribution in [1.29, 1.82) is 0 Å². The molecule has 2 rings (SSSR count). The largest absolute Gasteiger partial charge is 0.395 e. The van der Waals surface area contributed by atoms with Crippen molar-refractivity contribution < 1.29 is 9.90 Å². The minimum absolute atomic E-state index is 0.0623. The Morgan fingerprint density at radius 1 is 1.33 bits per heavy atom. The van der Waals surface area contributed by atoms with Crippen LogP contribution in [0.5, 0.6) is 0 Å². The van der Waals surface area contributed by atoms with Crippen LogP contribution in [0.2, 0.25) is 0 Å². The second-order valence-corrected chi connectivity index (χ2v) is 4.76. The molecule has 112 valence electrons. The number of aliphatic hydroxyl groups is 1. The van der Waals surface area contributed by atoms with Gasteiger partial charge in [0, 0.05) is 32.0 Å². The number of hydrogen-bond acceptors (Lipinski definition) is 3. The Labute approximate surface area is 123 Å². The topological polar surface area (TPSA) is 79.2 Å². The fourth-order valence-electron chi connectivity index (χ4n) is 2.02. The molecule has 0 saturated carbocycles. The third kappa shape index (κ3) is 4.61. The van der Waals surface area contributed by atoms with Crippen LogP contribution >= 0.6 is 0 Å². The third-order valence-corrected chi connectivity index (χ3v) is 3.12. The fraction of sp³-hybridized carbons (Fsp3) is 0.333. The van der Waals surface area contributed by atoms with Crippen molar-refractivity contribution >= 4 is 6.03 Å². The Morgan fingerprint density at radius 3 is 2.86 bits per heavy atom. The predicted octanol–water partition coefficient (Wildman–Crippen LogP) is 1.03. The van der Waals surface area contributed by atoms with Crippen LogP contribution in [0.15, 0.2) is 36.7 Å². The number of imidazole rings is 1. The maximum atomic E-state index is 11.4. The van der Waals surface area contributed by atoms with Crippen molar-refractivity contribution in [2.45, 2.75) is 20.0 Å². The summed E-state index contributed by atoms with van der Waals surface area (Å²) in [7, 11) is 0. The van der Waals surface area contributed by atoms with E-state index in [0.29, 0.717) is 6.54 Å². The van der Waals surface area contributed by atoms with E-state index >= 15 is 0 Å². The molecule has 1 aromatic heterocycles. The lowest BCUT2D eigenvalue weighted by atomic mass is 10.1. The average Bonchev–Trinajstić information content (AvgIpc) is 2.88. The monoisotopic (exact) mass is 288 g/mol. The normalized spacial score (nSPS) is 10.4. The zero-order valence-electron chi connectivity index (χ0n) is 12.0. The quantitative estimate of drug-likeness (QED) is 0.743. The molecule has 6 heteroatoms. The Bertz CT molecular complexity index is 595. The molecule has 1 aromatic carbocycles. The van der Waals surface area contributed by atoms with Crippen LogP contribution in [0, 0.1) is 6.92 Å². The van der Waals surface area contributed by atoms with Gasteiger partial charge in [-0.15, -0.1) is 0 Å². The Hall–Kier alpha value is -2.34. The Morgan fingerprint density at radius 2 is 2.14 bits per heavy atom. The number of nitrogens with zero attached hydrogens (tertiary/aromatic N) is 2. The van der Waals surface area contributed by atoms with E-state index in [4.69, 9.17) is 5.11 Å². The van der Waals surface area contributed by atoms with E-state index in [1.165, 1.54) is 0 Å². The molecule has 6 nitrogen and oxygen atoms in total. The second kappa shape index (κ2) is 7.44. The lowest BCUT2D eigenvalue weighted by Gasteiger charge is -2.09. The van der Waals surface area contributed by atoms with Crippen LogP contribution < -0.4 is 10.6 Å². The highest BCUT2D eigenvalue weighted by molar-refractivity contribution is 5.73. The van der Waals surface area contributed by atoms with E-state index in [-0.39, 0.29) is 19.2 Å². The molecule has 0 aliphatic heterocycles. The van der Waals surface area contributed by atoms with E-state index in [1.54, 1.807) is 6.20 Å². The number of benzene rings is 1. The zero-order valence-corrected chi connectivity index (χ0v) is 12.0. The number of hydrogen-bond donors (Lipinski definition) is 3. The summed E-state index contributed by atoms with van der Waals surface area (Å²) in [5.74, 6) is 0.974. The molecular weight excluding hydrogens is 268 g/mol. The van der Waals surface area contributed by atoms with Gasteiger partial charge in [0.05, 0.1) is 6.61 Å². The van der Waals surface area contributed by atoms with Gasteiger partial charge in [0.1, 0.15) is 5.82 Å². The van der Waals surface area contributed by atoms with Gasteiger partial charge < -0.3 is 20.3 Å². The van der Waals surface area contributed by atoms with Gasteiger partial charge in [-0.05, 0) is 18.1 Å². The molecular formula is C15H20N4O2. The van der Waals surface area contributed by atoms with Crippen LogP contribution in [-0.4, -0.2) is 33.8 Å². The molecule has 0 unspecified atom stereocenters. The van der Waals surface area contributed by atoms with E-state index in [0.717, 1.165) is 23.5 Å². The number of aliphatic hydroxyl groups excluding tert-OH is 1. The summed E-state index contributed by atoms with van der Waals surface area (Å²) in [4.78, 5) is 15.6. The summed E-state index contributed by atoms with van der Waals surface area (Å²) in [5, 5.41) is 13.9. The fourth-order valence-corrected chi connectivity index (χ4v) is 2.02. The van der Waals surface area contributed by atoms with Gasteiger partial charge >= 0.3 is 6.03 Å². The van der Waals surface area contributed by atoms with Gasteiger partial charge in [-0.3, -0.25) is 0 Å². The van der Waals surface area contributed by atoms with Crippen molar-refractivity contribution in [2.75, 3.05) is 13.2 Å². The maximum absolute atomic E-state index is 11.4. The first-order valence-electron chi connectivity index (χ1n) is 6.87. The van der Waals surface area contributed by atoms with E-state index in [2.05, 4.69) is 32.3 Å². The van der Waals surface area contributed by atoms with Crippen LogP contribution in [0.4, 0.5) is 4.79 Å². The summed E-state index contributed by atoms with van der Waals surface area (Å²) in [6.07, 6.45) is 3.73. The molecule has 3 N–H and O–H groups in total. The molecule has 21 heavy (non-hydrogen) atoms. The lowest BCUT2D eigenvalue weighted by Crippen LogP contribution is -2.36. The first kappa shape index (κ1) is 15.1. The number of urea groups is 1. The van der Waals surface area contributed by atoms with Crippen molar-refractivity contribution in [3.05, 3.63) is 53.6 Å². The van der Waals surface area contributed by atoms with Crippen LogP contribution in [0.1, 0.15) is 17.0 Å². The molecule has 0 saturated heterocycles. The molecule has 0 spiro atoms. The van der Waals surface area contributed by atoms with Gasteiger partial charge in [-0.2, -0.15) is 0 Å². The highest BCUT2D eigenvalue weighted by atomic mass is 16.3. The summed E-state index contributed by atoms with van der Waals surface area (Å²) in [6.45, 7) is 3.38. The van der Waals surface area contributed by atoms with Crippen molar-refractivity contribution in [2.24, 2.45) is 0 Å². The van der Waals surface area contributed by atoms with Crippen LogP contribution in [0.3, 0.4) is 0 Å². The van der Waals surface area contributed by atoms with E-state index in [1.807, 2.05) is 25.3 Å². The third-order valence-electron chi connectivity index (χ3n) is 3.12. The summed E-state index contributed by atoms with van der Waals surface area (Å²) < 4.78 is 2.07. The first-order valence-corrected chi connectivity index (χ1v) is 6.87. The molecule has 2 aromatic rings. The molecule has 0 fully saturated rings. The molecule has 2 amide bonds. The van der Waals surface area contributed by atoms with Crippen LogP contribution in [-0.2, 0) is 13.1 Å². The van der Waals surface area contributed by atoms with Gasteiger partial charge in [0.15, 0.2) is 0 Å². The first-order chi connectivity index (χ1) is 10.2. The number of aryl methyl sites for hydroxylation is 1. The summed E-state index contributed by atoms with van der Waals surface area (Å²) in [5.41, 5.74) is 2.19. The summed E-state index contributed by atoms with van der Waals surface area (Å²) in [6, 6.07) is 7.78. The standard InChI is InChI=1S/C15H20N4O2/c1-12-16-5-7-19(12)11-14-4-2-3-13(9-14)10-18-15(21)17-6-8-20/h2-5,7,9,20H,6,8,10-11H2,1H3,(H2,17,18,21). The number of carbonyl (C=O) groups is 1. The summed E-state index contributed by atoms with van der Waals surface area (Å²) >= 11 is 0. The number of amides is 2. The Kier molecular flexibility index (Phi) is 5.34. The molecule has 0 radical (unpaired) electrons. The molecule has 0 aliphatic rings. The minimum Gasteiger partial charge on any atom is -0.395 e. The SMILES string of the molecule is Cc1nccn1Cc1cccc(CNC(=O)NCCO)c1.